The summed E-state index contributed by atoms with van der Waals surface area (Å²) in [7, 11) is 3.38. The van der Waals surface area contributed by atoms with Crippen molar-refractivity contribution in [1.29, 1.82) is 0 Å². The van der Waals surface area contributed by atoms with E-state index in [1.807, 2.05) is 0 Å². The predicted octanol–water partition coefficient (Wildman–Crippen LogP) is 0.936. The van der Waals surface area contributed by atoms with Crippen LogP contribution in [0.25, 0.3) is 0 Å². The fraction of sp³-hybridized carbons (Fsp3) is 0.263. The van der Waals surface area contributed by atoms with Gasteiger partial charge in [0.1, 0.15) is 22.8 Å². The molecule has 0 radical (unpaired) electrons. The van der Waals surface area contributed by atoms with Gasteiger partial charge < -0.3 is 26.4 Å². The molecule has 150 valence electrons. The molecule has 0 heterocycles. The van der Waals surface area contributed by atoms with E-state index in [-0.39, 0.29) is 28.5 Å². The van der Waals surface area contributed by atoms with Crippen LogP contribution in [-0.4, -0.2) is 36.4 Å². The Morgan fingerprint density at radius 3 is 2.14 bits per heavy atom. The molecule has 2 aromatic rings. The van der Waals surface area contributed by atoms with Crippen LogP contribution < -0.4 is 27.2 Å². The van der Waals surface area contributed by atoms with Gasteiger partial charge in [-0.05, 0) is 38.0 Å². The first-order valence-corrected chi connectivity index (χ1v) is 8.26. The molecule has 0 atom stereocenters. The second-order valence-corrected chi connectivity index (χ2v) is 6.44. The number of aryl methyl sites for hydroxylation is 1. The van der Waals surface area contributed by atoms with Crippen LogP contribution in [0.15, 0.2) is 39.1 Å². The Morgan fingerprint density at radius 2 is 1.68 bits per heavy atom. The van der Waals surface area contributed by atoms with Crippen LogP contribution in [0.1, 0.15) is 19.4 Å². The summed E-state index contributed by atoms with van der Waals surface area (Å²) >= 11 is 0. The first-order valence-electron chi connectivity index (χ1n) is 8.26. The Hall–Kier alpha value is -3.62. The molecule has 5 N–H and O–H groups in total. The quantitative estimate of drug-likeness (QED) is 0.250. The number of hydrogen-bond acceptors (Lipinski definition) is 7. The van der Waals surface area contributed by atoms with E-state index in [4.69, 9.17) is 5.73 Å². The van der Waals surface area contributed by atoms with Crippen LogP contribution >= 0.6 is 0 Å². The largest absolute Gasteiger partial charge is 0.505 e. The summed E-state index contributed by atoms with van der Waals surface area (Å²) in [6, 6.07) is 4.97. The number of carbonyl (C=O) groups excluding carboxylic acids is 2. The number of nitrogens with zero attached hydrogens (tertiary/aromatic N) is 1. The van der Waals surface area contributed by atoms with Crippen molar-refractivity contribution in [3.8, 4) is 5.75 Å². The highest BCUT2D eigenvalue weighted by Crippen LogP contribution is 2.31. The highest BCUT2D eigenvalue weighted by atomic mass is 16.3. The lowest BCUT2D eigenvalue weighted by atomic mass is 10.1. The number of nitrogens with one attached hydrogen (secondary N) is 2. The first kappa shape index (κ1) is 22.4. The van der Waals surface area contributed by atoms with Crippen molar-refractivity contribution >= 4 is 29.4 Å². The van der Waals surface area contributed by atoms with Crippen LogP contribution in [0.5, 0.6) is 5.75 Å². The van der Waals surface area contributed by atoms with Crippen molar-refractivity contribution in [2.75, 3.05) is 24.7 Å². The smallest absolute Gasteiger partial charge is 0.265 e. The third-order valence-corrected chi connectivity index (χ3v) is 3.61. The SMILES string of the molecule is CC(C)=C(Nc1c(Nc2cccc(C)c2O)c(=O)c1=O)C(N)=O.CN(C)C=O. The van der Waals surface area contributed by atoms with Crippen molar-refractivity contribution in [3.63, 3.8) is 0 Å². The van der Waals surface area contributed by atoms with E-state index in [0.29, 0.717) is 11.1 Å². The number of primary amides is 1. The second-order valence-electron chi connectivity index (χ2n) is 6.44. The summed E-state index contributed by atoms with van der Waals surface area (Å²) < 4.78 is 0. The van der Waals surface area contributed by atoms with E-state index >= 15 is 0 Å². The van der Waals surface area contributed by atoms with Gasteiger partial charge in [-0.1, -0.05) is 12.1 Å². The summed E-state index contributed by atoms with van der Waals surface area (Å²) in [5, 5.41) is 15.3. The zero-order valence-electron chi connectivity index (χ0n) is 16.4. The number of aromatic hydroxyl groups is 1. The number of benzene rings is 1. The third kappa shape index (κ3) is 5.19. The van der Waals surface area contributed by atoms with Crippen molar-refractivity contribution in [3.05, 3.63) is 55.5 Å². The van der Waals surface area contributed by atoms with Crippen molar-refractivity contribution in [2.45, 2.75) is 20.8 Å². The van der Waals surface area contributed by atoms with Crippen molar-refractivity contribution in [1.82, 2.24) is 4.90 Å². The first-order chi connectivity index (χ1) is 13.0. The molecule has 0 saturated carbocycles. The van der Waals surface area contributed by atoms with Crippen LogP contribution in [0, 0.1) is 6.92 Å². The molecule has 9 heteroatoms. The predicted molar refractivity (Wildman–Crippen MR) is 108 cm³/mol. The van der Waals surface area contributed by atoms with Gasteiger partial charge in [-0.3, -0.25) is 19.2 Å². The lowest BCUT2D eigenvalue weighted by Crippen LogP contribution is -2.38. The topological polar surface area (TPSA) is 142 Å². The average Bonchev–Trinajstić information content (AvgIpc) is 2.63. The molecule has 0 aliphatic heterocycles. The highest BCUT2D eigenvalue weighted by molar-refractivity contribution is 5.97. The summed E-state index contributed by atoms with van der Waals surface area (Å²) in [5.41, 5.74) is 5.23. The molecule has 2 amide bonds. The van der Waals surface area contributed by atoms with E-state index in [1.165, 1.54) is 4.90 Å². The van der Waals surface area contributed by atoms with Gasteiger partial charge >= 0.3 is 0 Å². The highest BCUT2D eigenvalue weighted by Gasteiger charge is 2.24. The number of amides is 2. The number of carbonyl (C=O) groups is 2. The van der Waals surface area contributed by atoms with E-state index < -0.39 is 16.8 Å². The van der Waals surface area contributed by atoms with Crippen LogP contribution in [0.4, 0.5) is 17.1 Å². The Balaban J connectivity index is 0.000000696. The molecule has 0 unspecified atom stereocenters. The van der Waals surface area contributed by atoms with Gasteiger partial charge in [0.2, 0.25) is 6.41 Å². The maximum atomic E-state index is 11.8. The lowest BCUT2D eigenvalue weighted by molar-refractivity contribution is -0.116. The molecule has 28 heavy (non-hydrogen) atoms. The average molecular weight is 388 g/mol. The monoisotopic (exact) mass is 388 g/mol. The fourth-order valence-corrected chi connectivity index (χ4v) is 2.08. The van der Waals surface area contributed by atoms with Gasteiger partial charge in [0.05, 0.1) is 5.69 Å². The minimum atomic E-state index is -0.750. The van der Waals surface area contributed by atoms with Crippen molar-refractivity contribution in [2.24, 2.45) is 5.73 Å². The molecule has 0 saturated heterocycles. The molecule has 2 rings (SSSR count). The Morgan fingerprint density at radius 1 is 1.14 bits per heavy atom. The minimum absolute atomic E-state index is 0.0177. The van der Waals surface area contributed by atoms with Gasteiger partial charge in [-0.15, -0.1) is 0 Å². The van der Waals surface area contributed by atoms with Crippen LogP contribution in [0.3, 0.4) is 0 Å². The summed E-state index contributed by atoms with van der Waals surface area (Å²) in [4.78, 5) is 45.8. The zero-order valence-corrected chi connectivity index (χ0v) is 16.4. The normalized spacial score (nSPS) is 9.75. The van der Waals surface area contributed by atoms with Crippen LogP contribution in [-0.2, 0) is 9.59 Å². The molecule has 0 spiro atoms. The number of allylic oxidation sites excluding steroid dienone is 1. The standard InChI is InChI=1S/C16H17N3O4.C3H7NO/c1-7(2)10(16(17)23)19-12-11(14(21)15(12)22)18-9-6-4-5-8(3)13(9)20;1-4(2)3-5/h4-6,18-20H,1-3H3,(H2,17,23);3H,1-2H3. The number of phenolic OH excluding ortho intramolecular Hbond substituents is 1. The molecule has 0 aliphatic rings. The van der Waals surface area contributed by atoms with Gasteiger partial charge in [0, 0.05) is 14.1 Å². The number of anilines is 3. The summed E-state index contributed by atoms with van der Waals surface area (Å²) in [6.45, 7) is 5.01. The maximum Gasteiger partial charge on any atom is 0.265 e. The zero-order chi connectivity index (χ0) is 21.6. The third-order valence-electron chi connectivity index (χ3n) is 3.61. The van der Waals surface area contributed by atoms with E-state index in [0.717, 1.165) is 6.41 Å². The Kier molecular flexibility index (Phi) is 7.49. The Labute approximate surface area is 162 Å². The van der Waals surface area contributed by atoms with Crippen molar-refractivity contribution < 1.29 is 14.7 Å². The van der Waals surface area contributed by atoms with Gasteiger partial charge in [0.25, 0.3) is 16.8 Å². The lowest BCUT2D eigenvalue weighted by Gasteiger charge is -2.17. The van der Waals surface area contributed by atoms with Gasteiger partial charge in [-0.25, -0.2) is 0 Å². The van der Waals surface area contributed by atoms with Gasteiger partial charge in [0.15, 0.2) is 0 Å². The molecular formula is C19H24N4O5. The second kappa shape index (κ2) is 9.36. The molecule has 0 aromatic heterocycles. The molecular weight excluding hydrogens is 364 g/mol. The summed E-state index contributed by atoms with van der Waals surface area (Å²) in [6.07, 6.45) is 0.750. The number of hydrogen-bond donors (Lipinski definition) is 4. The van der Waals surface area contributed by atoms with E-state index in [9.17, 15) is 24.3 Å². The van der Waals surface area contributed by atoms with Crippen LogP contribution in [0.2, 0.25) is 0 Å². The van der Waals surface area contributed by atoms with E-state index in [1.54, 1.807) is 53.1 Å². The molecule has 0 bridgehead atoms. The fourth-order valence-electron chi connectivity index (χ4n) is 2.08. The Bertz CT molecular complexity index is 981. The minimum Gasteiger partial charge on any atom is -0.505 e. The molecule has 0 aliphatic carbocycles. The molecule has 0 fully saturated rings. The number of rotatable bonds is 6. The maximum absolute atomic E-state index is 11.8. The molecule has 2 aromatic carbocycles. The summed E-state index contributed by atoms with van der Waals surface area (Å²) in [5.74, 6) is -0.758. The molecule has 9 nitrogen and oxygen atoms in total. The number of para-hydroxylation sites is 1. The van der Waals surface area contributed by atoms with Gasteiger partial charge in [-0.2, -0.15) is 0 Å². The van der Waals surface area contributed by atoms with E-state index in [2.05, 4.69) is 10.6 Å². The number of phenols is 1. The number of nitrogens with two attached hydrogens (primary N) is 1.